The van der Waals surface area contributed by atoms with E-state index in [1.165, 1.54) is 31.4 Å². The molecule has 0 aromatic carbocycles. The number of hydrogen-bond donors (Lipinski definition) is 0. The van der Waals surface area contributed by atoms with E-state index in [4.69, 9.17) is 0 Å². The lowest BCUT2D eigenvalue weighted by molar-refractivity contribution is 0.530. The predicted molar refractivity (Wildman–Crippen MR) is 84.5 cm³/mol. The molecule has 0 atom stereocenters. The van der Waals surface area contributed by atoms with E-state index in [-0.39, 0.29) is 0 Å². The van der Waals surface area contributed by atoms with Crippen LogP contribution in [0.15, 0.2) is 22.9 Å². The zero-order valence-corrected chi connectivity index (χ0v) is 13.7. The molecular formula is C16H20BrN3. The Bertz CT molecular complexity index is 612. The number of nitrogens with zero attached hydrogens (tertiary/aromatic N) is 3. The fourth-order valence-corrected chi connectivity index (χ4v) is 3.29. The van der Waals surface area contributed by atoms with Gasteiger partial charge in [-0.3, -0.25) is 4.98 Å². The first-order valence-corrected chi connectivity index (χ1v) is 8.08. The van der Waals surface area contributed by atoms with Crippen LogP contribution in [-0.4, -0.2) is 14.5 Å². The molecule has 3 rings (SSSR count). The molecule has 4 heteroatoms. The van der Waals surface area contributed by atoms with Gasteiger partial charge in [-0.25, -0.2) is 4.98 Å². The molecule has 0 spiro atoms. The molecule has 0 saturated heterocycles. The molecule has 0 aliphatic heterocycles. The van der Waals surface area contributed by atoms with E-state index in [9.17, 15) is 0 Å². The van der Waals surface area contributed by atoms with Gasteiger partial charge in [0.15, 0.2) is 0 Å². The second-order valence-electron chi connectivity index (χ2n) is 5.77. The van der Waals surface area contributed by atoms with Crippen molar-refractivity contribution in [2.75, 3.05) is 0 Å². The summed E-state index contributed by atoms with van der Waals surface area (Å²) in [5, 5.41) is 0. The summed E-state index contributed by atoms with van der Waals surface area (Å²) in [4.78, 5) is 9.25. The minimum absolute atomic E-state index is 0.820. The van der Waals surface area contributed by atoms with Crippen molar-refractivity contribution in [3.8, 4) is 11.4 Å². The number of rotatable bonds is 3. The maximum Gasteiger partial charge on any atom is 0.110 e. The zero-order chi connectivity index (χ0) is 14.1. The average molecular weight is 334 g/mol. The second-order valence-corrected chi connectivity index (χ2v) is 6.62. The molecule has 2 aromatic rings. The SMILES string of the molecule is Cc1nc(-c2ncn(C)c2CC2CCCC2)ccc1Br. The topological polar surface area (TPSA) is 30.7 Å². The molecule has 1 aliphatic rings. The van der Waals surface area contributed by atoms with Crippen molar-refractivity contribution >= 4 is 15.9 Å². The van der Waals surface area contributed by atoms with Gasteiger partial charge in [0.2, 0.25) is 0 Å². The van der Waals surface area contributed by atoms with Crippen molar-refractivity contribution in [1.82, 2.24) is 14.5 Å². The van der Waals surface area contributed by atoms with E-state index in [1.54, 1.807) is 0 Å². The highest BCUT2D eigenvalue weighted by Crippen LogP contribution is 2.31. The van der Waals surface area contributed by atoms with Crippen molar-refractivity contribution in [2.24, 2.45) is 13.0 Å². The van der Waals surface area contributed by atoms with Crippen molar-refractivity contribution in [3.63, 3.8) is 0 Å². The molecule has 2 heterocycles. The Kier molecular flexibility index (Phi) is 3.92. The van der Waals surface area contributed by atoms with Gasteiger partial charge in [-0.15, -0.1) is 0 Å². The number of halogens is 1. The summed E-state index contributed by atoms with van der Waals surface area (Å²) in [6.45, 7) is 2.02. The molecule has 0 radical (unpaired) electrons. The average Bonchev–Trinajstić information content (AvgIpc) is 3.05. The molecule has 1 saturated carbocycles. The quantitative estimate of drug-likeness (QED) is 0.838. The molecule has 106 valence electrons. The Morgan fingerprint density at radius 2 is 2.05 bits per heavy atom. The normalized spacial score (nSPS) is 15.9. The monoisotopic (exact) mass is 333 g/mol. The van der Waals surface area contributed by atoms with Gasteiger partial charge in [-0.1, -0.05) is 25.7 Å². The molecule has 0 unspecified atom stereocenters. The van der Waals surface area contributed by atoms with Crippen molar-refractivity contribution in [3.05, 3.63) is 34.3 Å². The first-order chi connectivity index (χ1) is 9.65. The molecule has 2 aromatic heterocycles. The van der Waals surface area contributed by atoms with Gasteiger partial charge in [0.05, 0.1) is 17.7 Å². The second kappa shape index (κ2) is 5.68. The Labute approximate surface area is 128 Å². The van der Waals surface area contributed by atoms with Crippen molar-refractivity contribution in [1.29, 1.82) is 0 Å². The van der Waals surface area contributed by atoms with Crippen LogP contribution in [-0.2, 0) is 13.5 Å². The minimum atomic E-state index is 0.820. The van der Waals surface area contributed by atoms with Crippen LogP contribution in [0.5, 0.6) is 0 Å². The third-order valence-corrected chi connectivity index (χ3v) is 5.12. The standard InChI is InChI=1S/C16H20BrN3/c1-11-13(17)7-8-14(19-11)16-15(20(2)10-18-16)9-12-5-3-4-6-12/h7-8,10,12H,3-6,9H2,1-2H3. The van der Waals surface area contributed by atoms with Gasteiger partial charge >= 0.3 is 0 Å². The fraction of sp³-hybridized carbons (Fsp3) is 0.500. The molecule has 3 nitrogen and oxygen atoms in total. The third kappa shape index (κ3) is 2.66. The van der Waals surface area contributed by atoms with Crippen LogP contribution in [0.25, 0.3) is 11.4 Å². The largest absolute Gasteiger partial charge is 0.337 e. The summed E-state index contributed by atoms with van der Waals surface area (Å²) in [7, 11) is 2.09. The smallest absolute Gasteiger partial charge is 0.110 e. The highest BCUT2D eigenvalue weighted by Gasteiger charge is 2.20. The summed E-state index contributed by atoms with van der Waals surface area (Å²) < 4.78 is 3.21. The van der Waals surface area contributed by atoms with Gasteiger partial charge in [0, 0.05) is 17.2 Å². The van der Waals surface area contributed by atoms with Crippen molar-refractivity contribution in [2.45, 2.75) is 39.0 Å². The number of pyridine rings is 1. The predicted octanol–water partition coefficient (Wildman–Crippen LogP) is 4.29. The van der Waals surface area contributed by atoms with Gasteiger partial charge in [-0.2, -0.15) is 0 Å². The summed E-state index contributed by atoms with van der Waals surface area (Å²) in [5.74, 6) is 0.820. The molecule has 1 fully saturated rings. The fourth-order valence-electron chi connectivity index (χ4n) is 3.07. The van der Waals surface area contributed by atoms with Gasteiger partial charge in [-0.05, 0) is 47.3 Å². The van der Waals surface area contributed by atoms with E-state index in [2.05, 4.69) is 49.6 Å². The molecule has 20 heavy (non-hydrogen) atoms. The molecule has 0 amide bonds. The van der Waals surface area contributed by atoms with Gasteiger partial charge in [0.1, 0.15) is 5.69 Å². The Morgan fingerprint density at radius 1 is 1.30 bits per heavy atom. The first-order valence-electron chi connectivity index (χ1n) is 7.29. The maximum atomic E-state index is 4.67. The zero-order valence-electron chi connectivity index (χ0n) is 12.1. The highest BCUT2D eigenvalue weighted by atomic mass is 79.9. The summed E-state index contributed by atoms with van der Waals surface area (Å²) >= 11 is 3.51. The van der Waals surface area contributed by atoms with E-state index in [1.807, 2.05) is 13.3 Å². The van der Waals surface area contributed by atoms with E-state index in [0.717, 1.165) is 33.9 Å². The van der Waals surface area contributed by atoms with E-state index in [0.29, 0.717) is 0 Å². The Balaban J connectivity index is 1.94. The van der Waals surface area contributed by atoms with Gasteiger partial charge in [0.25, 0.3) is 0 Å². The number of aryl methyl sites for hydroxylation is 2. The van der Waals surface area contributed by atoms with Crippen LogP contribution < -0.4 is 0 Å². The van der Waals surface area contributed by atoms with Crippen LogP contribution >= 0.6 is 15.9 Å². The van der Waals surface area contributed by atoms with Crippen LogP contribution in [0.3, 0.4) is 0 Å². The van der Waals surface area contributed by atoms with Crippen LogP contribution in [0, 0.1) is 12.8 Å². The number of aromatic nitrogens is 3. The lowest BCUT2D eigenvalue weighted by Crippen LogP contribution is -2.05. The lowest BCUT2D eigenvalue weighted by atomic mass is 10.00. The molecule has 0 bridgehead atoms. The number of imidazole rings is 1. The lowest BCUT2D eigenvalue weighted by Gasteiger charge is -2.11. The van der Waals surface area contributed by atoms with E-state index < -0.39 is 0 Å². The maximum absolute atomic E-state index is 4.67. The summed E-state index contributed by atoms with van der Waals surface area (Å²) in [6.07, 6.45) is 8.52. The minimum Gasteiger partial charge on any atom is -0.337 e. The van der Waals surface area contributed by atoms with Crippen molar-refractivity contribution < 1.29 is 0 Å². The molecular weight excluding hydrogens is 314 g/mol. The summed E-state index contributed by atoms with van der Waals surface area (Å²) in [5.41, 5.74) is 4.38. The Hall–Kier alpha value is -1.16. The number of hydrogen-bond acceptors (Lipinski definition) is 2. The highest BCUT2D eigenvalue weighted by molar-refractivity contribution is 9.10. The third-order valence-electron chi connectivity index (χ3n) is 4.28. The Morgan fingerprint density at radius 3 is 2.75 bits per heavy atom. The van der Waals surface area contributed by atoms with E-state index >= 15 is 0 Å². The molecule has 1 aliphatic carbocycles. The first kappa shape index (κ1) is 13.8. The van der Waals surface area contributed by atoms with Crippen LogP contribution in [0.1, 0.15) is 37.1 Å². The van der Waals surface area contributed by atoms with Crippen LogP contribution in [0.2, 0.25) is 0 Å². The van der Waals surface area contributed by atoms with Crippen LogP contribution in [0.4, 0.5) is 0 Å². The van der Waals surface area contributed by atoms with Gasteiger partial charge < -0.3 is 4.57 Å². The molecule has 0 N–H and O–H groups in total. The summed E-state index contributed by atoms with van der Waals surface area (Å²) in [6, 6.07) is 4.11.